The number of halogens is 1. The molecule has 96 valence electrons. The van der Waals surface area contributed by atoms with Crippen molar-refractivity contribution in [2.75, 3.05) is 13.7 Å². The first-order valence-corrected chi connectivity index (χ1v) is 6.15. The minimum absolute atomic E-state index is 0.235. The summed E-state index contributed by atoms with van der Waals surface area (Å²) in [7, 11) is 1.62. The average Bonchev–Trinajstić information content (AvgIpc) is 3.13. The molecule has 0 saturated heterocycles. The molecule has 3 rings (SSSR count). The highest BCUT2D eigenvalue weighted by atomic mass is 19.1. The van der Waals surface area contributed by atoms with Crippen molar-refractivity contribution in [2.45, 2.75) is 25.0 Å². The molecule has 1 aromatic heterocycles. The molecule has 1 aromatic carbocycles. The molecule has 0 bridgehead atoms. The van der Waals surface area contributed by atoms with Crippen LogP contribution in [-0.2, 0) is 4.74 Å². The Balaban J connectivity index is 2.19. The van der Waals surface area contributed by atoms with Gasteiger partial charge in [-0.15, -0.1) is 0 Å². The van der Waals surface area contributed by atoms with E-state index in [1.165, 1.54) is 12.1 Å². The highest BCUT2D eigenvalue weighted by molar-refractivity contribution is 5.76. The molecule has 0 aliphatic heterocycles. The Kier molecular flexibility index (Phi) is 2.80. The Hall–Kier alpha value is -1.46. The van der Waals surface area contributed by atoms with Crippen LogP contribution in [0.5, 0.6) is 0 Å². The molecule has 18 heavy (non-hydrogen) atoms. The maximum atomic E-state index is 13.3. The summed E-state index contributed by atoms with van der Waals surface area (Å²) in [5.74, 6) is 0.541. The third-order valence-electron chi connectivity index (χ3n) is 3.38. The molecule has 5 heteroatoms. The number of rotatable bonds is 4. The smallest absolute Gasteiger partial charge is 0.140 e. The fourth-order valence-electron chi connectivity index (χ4n) is 2.34. The van der Waals surface area contributed by atoms with Crippen molar-refractivity contribution < 1.29 is 9.13 Å². The molecular formula is C13H16FN3O. The number of benzene rings is 1. The Morgan fingerprint density at radius 3 is 2.94 bits per heavy atom. The minimum atomic E-state index is -0.267. The molecule has 1 unspecified atom stereocenters. The summed E-state index contributed by atoms with van der Waals surface area (Å²) in [5.41, 5.74) is 7.34. The van der Waals surface area contributed by atoms with Gasteiger partial charge in [0.1, 0.15) is 17.7 Å². The normalized spacial score (nSPS) is 17.3. The first-order chi connectivity index (χ1) is 8.74. The van der Waals surface area contributed by atoms with Crippen LogP contribution < -0.4 is 5.73 Å². The molecule has 0 radical (unpaired) electrons. The molecule has 1 atom stereocenters. The molecule has 1 fully saturated rings. The lowest BCUT2D eigenvalue weighted by Gasteiger charge is -2.15. The third kappa shape index (κ3) is 1.79. The summed E-state index contributed by atoms with van der Waals surface area (Å²) in [4.78, 5) is 4.49. The lowest BCUT2D eigenvalue weighted by Crippen LogP contribution is -2.18. The van der Waals surface area contributed by atoms with Crippen LogP contribution in [-0.4, -0.2) is 23.2 Å². The van der Waals surface area contributed by atoms with Gasteiger partial charge in [0.2, 0.25) is 0 Å². The zero-order valence-corrected chi connectivity index (χ0v) is 10.3. The lowest BCUT2D eigenvalue weighted by molar-refractivity contribution is 0.100. The maximum Gasteiger partial charge on any atom is 0.140 e. The predicted octanol–water partition coefficient (Wildman–Crippen LogP) is 2.16. The van der Waals surface area contributed by atoms with Gasteiger partial charge in [-0.3, -0.25) is 0 Å². The van der Waals surface area contributed by atoms with Crippen LogP contribution in [0, 0.1) is 5.82 Å². The Bertz CT molecular complexity index is 573. The molecule has 0 spiro atoms. The third-order valence-corrected chi connectivity index (χ3v) is 3.38. The van der Waals surface area contributed by atoms with Crippen molar-refractivity contribution >= 4 is 11.0 Å². The monoisotopic (exact) mass is 249 g/mol. The highest BCUT2D eigenvalue weighted by Gasteiger charge is 2.30. The molecule has 1 heterocycles. The van der Waals surface area contributed by atoms with Gasteiger partial charge in [-0.25, -0.2) is 9.37 Å². The van der Waals surface area contributed by atoms with Crippen LogP contribution in [0.4, 0.5) is 4.39 Å². The Morgan fingerprint density at radius 2 is 2.33 bits per heavy atom. The SMILES string of the molecule is COC(CN)c1nc2cc(F)ccc2n1C1CC1. The second-order valence-electron chi connectivity index (χ2n) is 4.66. The maximum absolute atomic E-state index is 13.3. The van der Waals surface area contributed by atoms with Gasteiger partial charge < -0.3 is 15.0 Å². The van der Waals surface area contributed by atoms with Gasteiger partial charge in [-0.05, 0) is 25.0 Å². The van der Waals surface area contributed by atoms with Gasteiger partial charge in [0.15, 0.2) is 0 Å². The van der Waals surface area contributed by atoms with Crippen molar-refractivity contribution in [3.8, 4) is 0 Å². The summed E-state index contributed by atoms with van der Waals surface area (Å²) in [5, 5.41) is 0. The first-order valence-electron chi connectivity index (χ1n) is 6.15. The van der Waals surface area contributed by atoms with E-state index in [-0.39, 0.29) is 11.9 Å². The van der Waals surface area contributed by atoms with E-state index in [2.05, 4.69) is 9.55 Å². The summed E-state index contributed by atoms with van der Waals surface area (Å²) in [6, 6.07) is 5.17. The van der Waals surface area contributed by atoms with Crippen molar-refractivity contribution in [2.24, 2.45) is 5.73 Å². The number of aromatic nitrogens is 2. The highest BCUT2D eigenvalue weighted by Crippen LogP contribution is 2.40. The van der Waals surface area contributed by atoms with Crippen molar-refractivity contribution in [1.82, 2.24) is 9.55 Å². The van der Waals surface area contributed by atoms with Gasteiger partial charge in [0, 0.05) is 25.8 Å². The molecular weight excluding hydrogens is 233 g/mol. The van der Waals surface area contributed by atoms with Gasteiger partial charge in [0.05, 0.1) is 11.0 Å². The summed E-state index contributed by atoms with van der Waals surface area (Å²) < 4.78 is 20.8. The number of imidazole rings is 1. The number of ether oxygens (including phenoxy) is 1. The number of fused-ring (bicyclic) bond motifs is 1. The van der Waals surface area contributed by atoms with Crippen molar-refractivity contribution in [3.05, 3.63) is 29.8 Å². The fraction of sp³-hybridized carbons (Fsp3) is 0.462. The molecule has 4 nitrogen and oxygen atoms in total. The Labute approximate surface area is 105 Å². The van der Waals surface area contributed by atoms with Gasteiger partial charge in [-0.1, -0.05) is 0 Å². The van der Waals surface area contributed by atoms with Gasteiger partial charge >= 0.3 is 0 Å². The fourth-order valence-corrected chi connectivity index (χ4v) is 2.34. The second-order valence-corrected chi connectivity index (χ2v) is 4.66. The van der Waals surface area contributed by atoms with Crippen LogP contribution >= 0.6 is 0 Å². The first kappa shape index (κ1) is 11.6. The van der Waals surface area contributed by atoms with Gasteiger partial charge in [0.25, 0.3) is 0 Å². The van der Waals surface area contributed by atoms with Crippen LogP contribution in [0.3, 0.4) is 0 Å². The number of hydrogen-bond acceptors (Lipinski definition) is 3. The number of nitrogens with zero attached hydrogens (tertiary/aromatic N) is 2. The lowest BCUT2D eigenvalue weighted by atomic mass is 10.3. The van der Waals surface area contributed by atoms with E-state index in [0.29, 0.717) is 18.1 Å². The molecule has 1 saturated carbocycles. The van der Waals surface area contributed by atoms with Crippen molar-refractivity contribution in [3.63, 3.8) is 0 Å². The predicted molar refractivity (Wildman–Crippen MR) is 66.8 cm³/mol. The largest absolute Gasteiger partial charge is 0.372 e. The second kappa shape index (κ2) is 4.33. The summed E-state index contributed by atoms with van der Waals surface area (Å²) in [6.07, 6.45) is 2.04. The zero-order chi connectivity index (χ0) is 12.7. The van der Waals surface area contributed by atoms with Crippen LogP contribution in [0.15, 0.2) is 18.2 Å². The zero-order valence-electron chi connectivity index (χ0n) is 10.3. The quantitative estimate of drug-likeness (QED) is 0.903. The minimum Gasteiger partial charge on any atom is -0.372 e. The van der Waals surface area contributed by atoms with E-state index in [0.717, 1.165) is 24.2 Å². The van der Waals surface area contributed by atoms with E-state index >= 15 is 0 Å². The van der Waals surface area contributed by atoms with Crippen LogP contribution in [0.1, 0.15) is 30.8 Å². The Morgan fingerprint density at radius 1 is 1.56 bits per heavy atom. The average molecular weight is 249 g/mol. The summed E-state index contributed by atoms with van der Waals surface area (Å²) in [6.45, 7) is 0.370. The number of nitrogens with two attached hydrogens (primary N) is 1. The standard InChI is InChI=1S/C13H16FN3O/c1-18-12(7-15)13-16-10-6-8(14)2-5-11(10)17(13)9-3-4-9/h2,5-6,9,12H,3-4,7,15H2,1H3. The molecule has 2 aromatic rings. The van der Waals surface area contributed by atoms with Crippen LogP contribution in [0.2, 0.25) is 0 Å². The van der Waals surface area contributed by atoms with Gasteiger partial charge in [-0.2, -0.15) is 0 Å². The van der Waals surface area contributed by atoms with E-state index in [4.69, 9.17) is 10.5 Å². The number of methoxy groups -OCH3 is 1. The number of hydrogen-bond donors (Lipinski definition) is 1. The van der Waals surface area contributed by atoms with Crippen LogP contribution in [0.25, 0.3) is 11.0 Å². The molecule has 1 aliphatic rings. The molecule has 1 aliphatic carbocycles. The molecule has 2 N–H and O–H groups in total. The van der Waals surface area contributed by atoms with Crippen molar-refractivity contribution in [1.29, 1.82) is 0 Å². The van der Waals surface area contributed by atoms with E-state index in [9.17, 15) is 4.39 Å². The topological polar surface area (TPSA) is 53.1 Å². The summed E-state index contributed by atoms with van der Waals surface area (Å²) >= 11 is 0. The van der Waals surface area contributed by atoms with E-state index < -0.39 is 0 Å². The van der Waals surface area contributed by atoms with E-state index in [1.807, 2.05) is 0 Å². The molecule has 0 amide bonds. The van der Waals surface area contributed by atoms with E-state index in [1.54, 1.807) is 13.2 Å².